The number of halogens is 3. The maximum Gasteiger partial charge on any atom is 0.573 e. The van der Waals surface area contributed by atoms with Crippen molar-refractivity contribution in [2.45, 2.75) is 32.0 Å². The van der Waals surface area contributed by atoms with E-state index in [1.807, 2.05) is 0 Å². The fourth-order valence-corrected chi connectivity index (χ4v) is 1.52. The van der Waals surface area contributed by atoms with Crippen LogP contribution < -0.4 is 4.74 Å². The van der Waals surface area contributed by atoms with E-state index in [4.69, 9.17) is 5.11 Å². The van der Waals surface area contributed by atoms with Gasteiger partial charge in [0.25, 0.3) is 0 Å². The lowest BCUT2D eigenvalue weighted by Gasteiger charge is -2.24. The van der Waals surface area contributed by atoms with Crippen molar-refractivity contribution < 1.29 is 27.8 Å². The van der Waals surface area contributed by atoms with Crippen molar-refractivity contribution >= 4 is 5.97 Å². The maximum absolute atomic E-state index is 12.1. The van der Waals surface area contributed by atoms with Gasteiger partial charge in [-0.15, -0.1) is 13.2 Å². The Hall–Kier alpha value is -1.72. The van der Waals surface area contributed by atoms with Gasteiger partial charge in [0.2, 0.25) is 0 Å². The number of hydrogen-bond acceptors (Lipinski definition) is 2. The molecule has 0 aliphatic heterocycles. The average molecular weight is 262 g/mol. The Balaban J connectivity index is 3.12. The van der Waals surface area contributed by atoms with E-state index in [1.165, 1.54) is 19.1 Å². The molecule has 0 heterocycles. The monoisotopic (exact) mass is 262 g/mol. The first-order chi connectivity index (χ1) is 8.19. The first kappa shape index (κ1) is 14.3. The number of carboxylic acids is 1. The number of aliphatic carboxylic acids is 1. The summed E-state index contributed by atoms with van der Waals surface area (Å²) in [7, 11) is 0. The summed E-state index contributed by atoms with van der Waals surface area (Å²) in [6, 6.07) is 5.05. The molecule has 18 heavy (non-hydrogen) atoms. The summed E-state index contributed by atoms with van der Waals surface area (Å²) in [5, 5.41) is 9.15. The number of carbonyl (C=O) groups is 1. The number of hydrogen-bond donors (Lipinski definition) is 1. The molecule has 0 bridgehead atoms. The zero-order valence-electron chi connectivity index (χ0n) is 9.91. The lowest BCUT2D eigenvalue weighted by molar-refractivity contribution is -0.274. The molecule has 0 aliphatic carbocycles. The molecule has 0 saturated heterocycles. The van der Waals surface area contributed by atoms with Crippen molar-refractivity contribution in [1.82, 2.24) is 0 Å². The van der Waals surface area contributed by atoms with Gasteiger partial charge in [-0.1, -0.05) is 19.1 Å². The minimum Gasteiger partial charge on any atom is -0.481 e. The molecule has 1 N–H and O–H groups in total. The molecule has 0 saturated carbocycles. The zero-order valence-corrected chi connectivity index (χ0v) is 9.91. The SMILES string of the molecule is CCC(C)(C(=O)O)c1cccc(OC(F)(F)F)c1. The first-order valence-corrected chi connectivity index (χ1v) is 5.28. The molecule has 0 aromatic heterocycles. The third-order valence-electron chi connectivity index (χ3n) is 2.88. The van der Waals surface area contributed by atoms with Gasteiger partial charge in [0.05, 0.1) is 5.41 Å². The van der Waals surface area contributed by atoms with Crippen molar-refractivity contribution in [1.29, 1.82) is 0 Å². The number of carboxylic acid groups (broad SMARTS) is 1. The Morgan fingerprint density at radius 2 is 2.00 bits per heavy atom. The van der Waals surface area contributed by atoms with Crippen LogP contribution in [-0.2, 0) is 10.2 Å². The van der Waals surface area contributed by atoms with Gasteiger partial charge in [-0.05, 0) is 31.0 Å². The number of alkyl halides is 3. The van der Waals surface area contributed by atoms with Crippen molar-refractivity contribution in [3.8, 4) is 5.75 Å². The summed E-state index contributed by atoms with van der Waals surface area (Å²) in [6.07, 6.45) is -4.53. The van der Waals surface area contributed by atoms with Crippen molar-refractivity contribution in [2.75, 3.05) is 0 Å². The Labute approximate surface area is 102 Å². The van der Waals surface area contributed by atoms with Gasteiger partial charge in [0.15, 0.2) is 0 Å². The molecular weight excluding hydrogens is 249 g/mol. The lowest BCUT2D eigenvalue weighted by Crippen LogP contribution is -2.31. The van der Waals surface area contributed by atoms with Crippen LogP contribution in [-0.4, -0.2) is 17.4 Å². The van der Waals surface area contributed by atoms with E-state index in [1.54, 1.807) is 6.92 Å². The average Bonchev–Trinajstić information content (AvgIpc) is 2.25. The number of benzene rings is 1. The quantitative estimate of drug-likeness (QED) is 0.905. The number of ether oxygens (including phenoxy) is 1. The van der Waals surface area contributed by atoms with E-state index >= 15 is 0 Å². The second kappa shape index (κ2) is 4.88. The molecule has 100 valence electrons. The Morgan fingerprint density at radius 3 is 2.44 bits per heavy atom. The van der Waals surface area contributed by atoms with Crippen LogP contribution in [0.1, 0.15) is 25.8 Å². The maximum atomic E-state index is 12.1. The molecule has 1 unspecified atom stereocenters. The number of rotatable bonds is 4. The second-order valence-electron chi connectivity index (χ2n) is 4.07. The minimum atomic E-state index is -4.79. The minimum absolute atomic E-state index is 0.262. The third-order valence-corrected chi connectivity index (χ3v) is 2.88. The van der Waals surface area contributed by atoms with E-state index in [0.717, 1.165) is 12.1 Å². The van der Waals surface area contributed by atoms with Gasteiger partial charge < -0.3 is 9.84 Å². The summed E-state index contributed by atoms with van der Waals surface area (Å²) < 4.78 is 40.0. The molecule has 1 aromatic rings. The summed E-state index contributed by atoms with van der Waals surface area (Å²) in [5.74, 6) is -1.50. The highest BCUT2D eigenvalue weighted by atomic mass is 19.4. The van der Waals surface area contributed by atoms with Crippen LogP contribution in [0.4, 0.5) is 13.2 Å². The topological polar surface area (TPSA) is 46.5 Å². The highest BCUT2D eigenvalue weighted by molar-refractivity contribution is 5.80. The van der Waals surface area contributed by atoms with Crippen LogP contribution in [0.3, 0.4) is 0 Å². The molecule has 1 aromatic carbocycles. The highest BCUT2D eigenvalue weighted by Gasteiger charge is 2.35. The van der Waals surface area contributed by atoms with Crippen LogP contribution in [0.2, 0.25) is 0 Å². The fourth-order valence-electron chi connectivity index (χ4n) is 1.52. The molecule has 0 aliphatic rings. The first-order valence-electron chi connectivity index (χ1n) is 5.28. The Morgan fingerprint density at radius 1 is 1.39 bits per heavy atom. The molecular formula is C12H13F3O3. The molecule has 0 fully saturated rings. The molecule has 0 spiro atoms. The van der Waals surface area contributed by atoms with Gasteiger partial charge in [0.1, 0.15) is 5.75 Å². The second-order valence-corrected chi connectivity index (χ2v) is 4.07. The molecule has 3 nitrogen and oxygen atoms in total. The predicted octanol–water partition coefficient (Wildman–Crippen LogP) is 3.34. The Kier molecular flexibility index (Phi) is 3.88. The molecule has 1 rings (SSSR count). The van der Waals surface area contributed by atoms with Gasteiger partial charge in [-0.25, -0.2) is 0 Å². The van der Waals surface area contributed by atoms with Crippen LogP contribution in [0, 0.1) is 0 Å². The van der Waals surface area contributed by atoms with Crippen molar-refractivity contribution in [3.05, 3.63) is 29.8 Å². The molecule has 1 atom stereocenters. The van der Waals surface area contributed by atoms with Crippen molar-refractivity contribution in [3.63, 3.8) is 0 Å². The van der Waals surface area contributed by atoms with E-state index in [0.29, 0.717) is 0 Å². The zero-order chi connectivity index (χ0) is 14.0. The summed E-state index contributed by atoms with van der Waals surface area (Å²) in [4.78, 5) is 11.2. The fraction of sp³-hybridized carbons (Fsp3) is 0.417. The smallest absolute Gasteiger partial charge is 0.481 e. The summed E-state index contributed by atoms with van der Waals surface area (Å²) in [5.41, 5.74) is -0.954. The standard InChI is InChI=1S/C12H13F3O3/c1-3-11(2,10(16)17)8-5-4-6-9(7-8)18-12(13,14)15/h4-7H,3H2,1-2H3,(H,16,17). The lowest BCUT2D eigenvalue weighted by atomic mass is 9.80. The van der Waals surface area contributed by atoms with Gasteiger partial charge in [0, 0.05) is 0 Å². The summed E-state index contributed by atoms with van der Waals surface area (Å²) >= 11 is 0. The van der Waals surface area contributed by atoms with E-state index in [9.17, 15) is 18.0 Å². The predicted molar refractivity (Wildman–Crippen MR) is 58.4 cm³/mol. The van der Waals surface area contributed by atoms with Crippen LogP contribution in [0.5, 0.6) is 5.75 Å². The van der Waals surface area contributed by atoms with E-state index in [-0.39, 0.29) is 12.0 Å². The van der Waals surface area contributed by atoms with E-state index in [2.05, 4.69) is 4.74 Å². The van der Waals surface area contributed by atoms with Gasteiger partial charge in [-0.3, -0.25) is 4.79 Å². The molecule has 6 heteroatoms. The van der Waals surface area contributed by atoms with Crippen molar-refractivity contribution in [2.24, 2.45) is 0 Å². The van der Waals surface area contributed by atoms with Crippen LogP contribution >= 0.6 is 0 Å². The third kappa shape index (κ3) is 3.15. The van der Waals surface area contributed by atoms with Crippen LogP contribution in [0.15, 0.2) is 24.3 Å². The molecule has 0 amide bonds. The highest BCUT2D eigenvalue weighted by Crippen LogP contribution is 2.32. The van der Waals surface area contributed by atoms with E-state index < -0.39 is 23.5 Å². The van der Waals surface area contributed by atoms with Gasteiger partial charge in [-0.2, -0.15) is 0 Å². The van der Waals surface area contributed by atoms with Crippen LogP contribution in [0.25, 0.3) is 0 Å². The summed E-state index contributed by atoms with van der Waals surface area (Å²) in [6.45, 7) is 3.12. The molecule has 0 radical (unpaired) electrons. The normalized spacial score (nSPS) is 14.9. The largest absolute Gasteiger partial charge is 0.573 e. The Bertz CT molecular complexity index is 442. The van der Waals surface area contributed by atoms with Gasteiger partial charge >= 0.3 is 12.3 Å².